The fourth-order valence-electron chi connectivity index (χ4n) is 2.87. The third-order valence-electron chi connectivity index (χ3n) is 4.16. The van der Waals surface area contributed by atoms with Gasteiger partial charge in [-0.25, -0.2) is 0 Å². The maximum Gasteiger partial charge on any atom is 0.118 e. The van der Waals surface area contributed by atoms with Crippen molar-refractivity contribution in [2.45, 2.75) is 31.5 Å². The largest absolute Gasteiger partial charge is 0.497 e. The van der Waals surface area contributed by atoms with Gasteiger partial charge in [0.25, 0.3) is 0 Å². The summed E-state index contributed by atoms with van der Waals surface area (Å²) in [5, 5.41) is 13.7. The fraction of sp³-hybridized carbons (Fsp3) is 0.647. The minimum absolute atomic E-state index is 0.198. The fourth-order valence-corrected chi connectivity index (χ4v) is 2.87. The van der Waals surface area contributed by atoms with Crippen LogP contribution in [0, 0.1) is 0 Å². The van der Waals surface area contributed by atoms with Gasteiger partial charge in [0.05, 0.1) is 13.2 Å². The molecule has 1 aromatic carbocycles. The van der Waals surface area contributed by atoms with Crippen molar-refractivity contribution < 1.29 is 14.6 Å². The van der Waals surface area contributed by atoms with E-state index in [9.17, 15) is 5.11 Å². The zero-order chi connectivity index (χ0) is 15.8. The van der Waals surface area contributed by atoms with Crippen LogP contribution in [0.15, 0.2) is 24.3 Å². The number of aliphatic hydroxyl groups is 1. The molecule has 0 aliphatic carbocycles. The number of nitrogens with zero attached hydrogens (tertiary/aromatic N) is 1. The predicted octanol–water partition coefficient (Wildman–Crippen LogP) is 1.26. The summed E-state index contributed by atoms with van der Waals surface area (Å²) in [5.41, 5.74) is 1.25. The topological polar surface area (TPSA) is 54.0 Å². The predicted molar refractivity (Wildman–Crippen MR) is 87.2 cm³/mol. The van der Waals surface area contributed by atoms with Crippen LogP contribution in [0.25, 0.3) is 0 Å². The number of ether oxygens (including phenoxy) is 2. The number of likely N-dealkylation sites (tertiary alicyclic amines) is 1. The van der Waals surface area contributed by atoms with Crippen molar-refractivity contribution in [3.8, 4) is 5.75 Å². The van der Waals surface area contributed by atoms with Gasteiger partial charge in [0.1, 0.15) is 5.75 Å². The minimum Gasteiger partial charge on any atom is -0.497 e. The highest BCUT2D eigenvalue weighted by Crippen LogP contribution is 2.17. The van der Waals surface area contributed by atoms with E-state index in [4.69, 9.17) is 9.47 Å². The first-order valence-corrected chi connectivity index (χ1v) is 7.98. The summed E-state index contributed by atoms with van der Waals surface area (Å²) < 4.78 is 10.2. The van der Waals surface area contributed by atoms with E-state index >= 15 is 0 Å². The lowest BCUT2D eigenvalue weighted by Crippen LogP contribution is -2.52. The third kappa shape index (κ3) is 5.25. The van der Waals surface area contributed by atoms with E-state index in [1.807, 2.05) is 12.1 Å². The van der Waals surface area contributed by atoms with Gasteiger partial charge in [0, 0.05) is 39.4 Å². The summed E-state index contributed by atoms with van der Waals surface area (Å²) in [6.07, 6.45) is 1.65. The lowest BCUT2D eigenvalue weighted by molar-refractivity contribution is 0.0364. The molecule has 0 unspecified atom stereocenters. The number of hydrogen-bond acceptors (Lipinski definition) is 5. The molecule has 0 amide bonds. The van der Waals surface area contributed by atoms with Crippen LogP contribution < -0.4 is 10.1 Å². The number of nitrogens with one attached hydrogen (secondary N) is 1. The molecule has 2 N–H and O–H groups in total. The van der Waals surface area contributed by atoms with Gasteiger partial charge in [-0.05, 0) is 37.1 Å². The number of benzene rings is 1. The lowest BCUT2D eigenvalue weighted by atomic mass is 10.0. The highest BCUT2D eigenvalue weighted by atomic mass is 16.5. The average molecular weight is 308 g/mol. The first kappa shape index (κ1) is 17.2. The molecule has 2 atom stereocenters. The van der Waals surface area contributed by atoms with Gasteiger partial charge in [0.2, 0.25) is 0 Å². The Labute approximate surface area is 133 Å². The van der Waals surface area contributed by atoms with Crippen LogP contribution in [0.2, 0.25) is 0 Å². The van der Waals surface area contributed by atoms with Gasteiger partial charge in [-0.15, -0.1) is 0 Å². The van der Waals surface area contributed by atoms with E-state index in [1.54, 1.807) is 14.2 Å². The molecule has 5 nitrogen and oxygen atoms in total. The molecule has 1 heterocycles. The molecule has 1 aromatic rings. The van der Waals surface area contributed by atoms with Gasteiger partial charge in [0.15, 0.2) is 0 Å². The van der Waals surface area contributed by atoms with Crippen molar-refractivity contribution in [2.75, 3.05) is 40.5 Å². The van der Waals surface area contributed by atoms with Crippen LogP contribution >= 0.6 is 0 Å². The Morgan fingerprint density at radius 3 is 2.68 bits per heavy atom. The molecule has 0 aromatic heterocycles. The third-order valence-corrected chi connectivity index (χ3v) is 4.16. The summed E-state index contributed by atoms with van der Waals surface area (Å²) in [5.74, 6) is 0.878. The van der Waals surface area contributed by atoms with E-state index in [0.717, 1.165) is 44.8 Å². The number of rotatable bonds is 8. The second-order valence-corrected chi connectivity index (χ2v) is 5.85. The molecule has 2 rings (SSSR count). The molecule has 1 aliphatic heterocycles. The number of aliphatic hydroxyl groups excluding tert-OH is 1. The Morgan fingerprint density at radius 1 is 1.27 bits per heavy atom. The summed E-state index contributed by atoms with van der Waals surface area (Å²) >= 11 is 0. The van der Waals surface area contributed by atoms with Crippen molar-refractivity contribution in [1.82, 2.24) is 10.2 Å². The number of piperidine rings is 1. The normalized spacial score (nSPS) is 22.7. The molecule has 5 heteroatoms. The van der Waals surface area contributed by atoms with Crippen LogP contribution in [0.3, 0.4) is 0 Å². The smallest absolute Gasteiger partial charge is 0.118 e. The van der Waals surface area contributed by atoms with Crippen molar-refractivity contribution in [3.05, 3.63) is 29.8 Å². The summed E-state index contributed by atoms with van der Waals surface area (Å²) in [6.45, 7) is 4.25. The lowest BCUT2D eigenvalue weighted by Gasteiger charge is -2.36. The number of hydrogen-bond donors (Lipinski definition) is 2. The van der Waals surface area contributed by atoms with Crippen molar-refractivity contribution in [1.29, 1.82) is 0 Å². The Balaban J connectivity index is 1.74. The molecule has 0 radical (unpaired) electrons. The molecule has 22 heavy (non-hydrogen) atoms. The zero-order valence-electron chi connectivity index (χ0n) is 13.6. The highest BCUT2D eigenvalue weighted by Gasteiger charge is 2.26. The van der Waals surface area contributed by atoms with Crippen molar-refractivity contribution >= 4 is 0 Å². The Kier molecular flexibility index (Phi) is 7.12. The van der Waals surface area contributed by atoms with Crippen LogP contribution in [0.1, 0.15) is 18.4 Å². The summed E-state index contributed by atoms with van der Waals surface area (Å²) in [6, 6.07) is 8.33. The zero-order valence-corrected chi connectivity index (χ0v) is 13.6. The number of β-amino-alcohol motifs (C(OH)–C–C–N with tert-alkyl or cyclic N) is 1. The monoisotopic (exact) mass is 308 g/mol. The molecule has 0 bridgehead atoms. The highest BCUT2D eigenvalue weighted by molar-refractivity contribution is 5.27. The number of methoxy groups -OCH3 is 2. The van der Waals surface area contributed by atoms with E-state index < -0.39 is 0 Å². The quantitative estimate of drug-likeness (QED) is 0.708. The van der Waals surface area contributed by atoms with Crippen molar-refractivity contribution in [2.24, 2.45) is 0 Å². The van der Waals surface area contributed by atoms with Crippen LogP contribution in [-0.4, -0.2) is 62.6 Å². The van der Waals surface area contributed by atoms with Gasteiger partial charge >= 0.3 is 0 Å². The molecular formula is C17H28N2O3. The first-order chi connectivity index (χ1) is 10.7. The van der Waals surface area contributed by atoms with Gasteiger partial charge in [-0.2, -0.15) is 0 Å². The maximum absolute atomic E-state index is 10.3. The van der Waals surface area contributed by atoms with Gasteiger partial charge < -0.3 is 19.9 Å². The Bertz CT molecular complexity index is 424. The Hall–Kier alpha value is -1.14. The molecular weight excluding hydrogens is 280 g/mol. The van der Waals surface area contributed by atoms with Crippen molar-refractivity contribution in [3.63, 3.8) is 0 Å². The van der Waals surface area contributed by atoms with Crippen LogP contribution in [0.4, 0.5) is 0 Å². The first-order valence-electron chi connectivity index (χ1n) is 7.98. The van der Waals surface area contributed by atoms with E-state index in [0.29, 0.717) is 6.54 Å². The molecule has 1 saturated heterocycles. The Morgan fingerprint density at radius 2 is 2.05 bits per heavy atom. The summed E-state index contributed by atoms with van der Waals surface area (Å²) in [7, 11) is 3.39. The second kappa shape index (κ2) is 9.10. The molecule has 0 spiro atoms. The summed E-state index contributed by atoms with van der Waals surface area (Å²) in [4.78, 5) is 2.31. The van der Waals surface area contributed by atoms with Crippen LogP contribution in [0.5, 0.6) is 5.75 Å². The van der Waals surface area contributed by atoms with Gasteiger partial charge in [-0.3, -0.25) is 4.90 Å². The van der Waals surface area contributed by atoms with E-state index in [2.05, 4.69) is 22.3 Å². The van der Waals surface area contributed by atoms with E-state index in [1.165, 1.54) is 5.56 Å². The van der Waals surface area contributed by atoms with Crippen LogP contribution in [-0.2, 0) is 11.3 Å². The molecule has 0 saturated carbocycles. The average Bonchev–Trinajstić information content (AvgIpc) is 2.54. The maximum atomic E-state index is 10.3. The second-order valence-electron chi connectivity index (χ2n) is 5.85. The van der Waals surface area contributed by atoms with Gasteiger partial charge in [-0.1, -0.05) is 12.1 Å². The molecule has 1 fully saturated rings. The standard InChI is InChI=1S/C17H28N2O3/c1-21-11-3-9-18-16-8-10-19(13-17(16)20)12-14-4-6-15(22-2)7-5-14/h4-7,16-18,20H,3,8-13H2,1-2H3/t16-,17-/m1/s1. The SMILES string of the molecule is COCCCN[C@@H]1CCN(Cc2ccc(OC)cc2)C[C@H]1O. The molecule has 1 aliphatic rings. The minimum atomic E-state index is -0.311. The molecule has 124 valence electrons. The van der Waals surface area contributed by atoms with E-state index in [-0.39, 0.29) is 12.1 Å².